The van der Waals surface area contributed by atoms with Crippen molar-refractivity contribution < 1.29 is 4.39 Å². The number of nitrogens with zero attached hydrogens (tertiary/aromatic N) is 4. The van der Waals surface area contributed by atoms with E-state index in [9.17, 15) is 4.39 Å². The SMILES string of the molecule is CN(CCN1CCN(c2cccnc2-c2cccc3[nH]ccc23)CC1)Sc1ccc(F)cc1. The number of benzene rings is 2. The first-order valence-electron chi connectivity index (χ1n) is 11.3. The highest BCUT2D eigenvalue weighted by atomic mass is 32.2. The quantitative estimate of drug-likeness (QED) is 0.386. The van der Waals surface area contributed by atoms with Crippen LogP contribution < -0.4 is 4.90 Å². The summed E-state index contributed by atoms with van der Waals surface area (Å²) >= 11 is 1.66. The van der Waals surface area contributed by atoms with Crippen LogP contribution >= 0.6 is 11.9 Å². The van der Waals surface area contributed by atoms with Gasteiger partial charge in [-0.25, -0.2) is 8.70 Å². The summed E-state index contributed by atoms with van der Waals surface area (Å²) in [6, 6.07) is 19.4. The van der Waals surface area contributed by atoms with Crippen LogP contribution in [0.5, 0.6) is 0 Å². The number of piperazine rings is 1. The molecule has 1 N–H and O–H groups in total. The zero-order chi connectivity index (χ0) is 22.6. The maximum atomic E-state index is 13.1. The van der Waals surface area contributed by atoms with Gasteiger partial charge in [0, 0.05) is 73.0 Å². The Hall–Kier alpha value is -2.87. The molecule has 0 unspecified atom stereocenters. The molecule has 33 heavy (non-hydrogen) atoms. The number of anilines is 1. The van der Waals surface area contributed by atoms with E-state index in [0.29, 0.717) is 0 Å². The number of likely N-dealkylation sites (N-methyl/N-ethyl adjacent to an activating group) is 1. The van der Waals surface area contributed by atoms with E-state index in [0.717, 1.165) is 55.4 Å². The zero-order valence-corrected chi connectivity index (χ0v) is 19.6. The van der Waals surface area contributed by atoms with Crippen LogP contribution in [0.3, 0.4) is 0 Å². The van der Waals surface area contributed by atoms with Crippen LogP contribution in [0.25, 0.3) is 22.2 Å². The number of fused-ring (bicyclic) bond motifs is 1. The molecule has 3 heterocycles. The lowest BCUT2D eigenvalue weighted by molar-refractivity contribution is 0.247. The lowest BCUT2D eigenvalue weighted by Crippen LogP contribution is -2.48. The van der Waals surface area contributed by atoms with Gasteiger partial charge in [-0.05, 0) is 67.5 Å². The van der Waals surface area contributed by atoms with Crippen molar-refractivity contribution in [2.75, 3.05) is 51.2 Å². The second-order valence-electron chi connectivity index (χ2n) is 8.34. The van der Waals surface area contributed by atoms with Crippen molar-refractivity contribution in [1.29, 1.82) is 0 Å². The van der Waals surface area contributed by atoms with Crippen LogP contribution in [0.1, 0.15) is 0 Å². The Morgan fingerprint density at radius 1 is 1.00 bits per heavy atom. The van der Waals surface area contributed by atoms with Gasteiger partial charge < -0.3 is 9.88 Å². The lowest BCUT2D eigenvalue weighted by atomic mass is 10.0. The summed E-state index contributed by atoms with van der Waals surface area (Å²) in [6.45, 7) is 5.99. The van der Waals surface area contributed by atoms with E-state index in [1.165, 1.54) is 28.8 Å². The lowest BCUT2D eigenvalue weighted by Gasteiger charge is -2.37. The normalized spacial score (nSPS) is 14.9. The summed E-state index contributed by atoms with van der Waals surface area (Å²) in [5, 5.41) is 1.21. The summed E-state index contributed by atoms with van der Waals surface area (Å²) < 4.78 is 15.3. The molecule has 0 saturated carbocycles. The van der Waals surface area contributed by atoms with Crippen molar-refractivity contribution in [3.05, 3.63) is 78.9 Å². The van der Waals surface area contributed by atoms with Gasteiger partial charge in [-0.2, -0.15) is 0 Å². The minimum atomic E-state index is -0.193. The predicted molar refractivity (Wildman–Crippen MR) is 135 cm³/mol. The molecule has 0 amide bonds. The molecule has 170 valence electrons. The Labute approximate surface area is 198 Å². The van der Waals surface area contributed by atoms with Crippen LogP contribution in [0.4, 0.5) is 10.1 Å². The van der Waals surface area contributed by atoms with Crippen molar-refractivity contribution >= 4 is 28.5 Å². The maximum Gasteiger partial charge on any atom is 0.123 e. The van der Waals surface area contributed by atoms with Gasteiger partial charge >= 0.3 is 0 Å². The van der Waals surface area contributed by atoms with Crippen LogP contribution in [0.15, 0.2) is 78.0 Å². The summed E-state index contributed by atoms with van der Waals surface area (Å²) in [5.41, 5.74) is 4.56. The second kappa shape index (κ2) is 9.95. The fourth-order valence-electron chi connectivity index (χ4n) is 4.37. The van der Waals surface area contributed by atoms with Crippen molar-refractivity contribution in [1.82, 2.24) is 19.2 Å². The second-order valence-corrected chi connectivity index (χ2v) is 9.62. The van der Waals surface area contributed by atoms with Crippen LogP contribution in [0.2, 0.25) is 0 Å². The summed E-state index contributed by atoms with van der Waals surface area (Å²) in [7, 11) is 2.09. The first-order valence-corrected chi connectivity index (χ1v) is 12.1. The molecule has 1 fully saturated rings. The third-order valence-corrected chi connectivity index (χ3v) is 7.13. The third kappa shape index (κ3) is 5.05. The Morgan fingerprint density at radius 3 is 2.64 bits per heavy atom. The molecule has 0 radical (unpaired) electrons. The molecule has 1 aliphatic heterocycles. The number of pyridine rings is 1. The minimum Gasteiger partial charge on any atom is -0.367 e. The number of hydrogen-bond acceptors (Lipinski definition) is 5. The van der Waals surface area contributed by atoms with Crippen molar-refractivity contribution in [2.45, 2.75) is 4.90 Å². The molecule has 0 atom stereocenters. The van der Waals surface area contributed by atoms with Gasteiger partial charge in [-0.15, -0.1) is 0 Å². The van der Waals surface area contributed by atoms with E-state index >= 15 is 0 Å². The number of hydrogen-bond donors (Lipinski definition) is 1. The highest BCUT2D eigenvalue weighted by molar-refractivity contribution is 7.97. The van der Waals surface area contributed by atoms with Crippen molar-refractivity contribution in [2.24, 2.45) is 0 Å². The number of halogens is 1. The molecule has 7 heteroatoms. The number of aromatic amines is 1. The van der Waals surface area contributed by atoms with Gasteiger partial charge in [0.1, 0.15) is 5.82 Å². The number of aromatic nitrogens is 2. The summed E-state index contributed by atoms with van der Waals surface area (Å²) in [5.74, 6) is -0.193. The van der Waals surface area contributed by atoms with Gasteiger partial charge in [0.15, 0.2) is 0 Å². The highest BCUT2D eigenvalue weighted by Gasteiger charge is 2.21. The van der Waals surface area contributed by atoms with Gasteiger partial charge in [0.25, 0.3) is 0 Å². The van der Waals surface area contributed by atoms with E-state index in [4.69, 9.17) is 4.98 Å². The molecule has 1 saturated heterocycles. The van der Waals surface area contributed by atoms with E-state index in [1.807, 2.05) is 30.6 Å². The largest absolute Gasteiger partial charge is 0.367 e. The Morgan fingerprint density at radius 2 is 1.82 bits per heavy atom. The Kier molecular flexibility index (Phi) is 6.62. The molecule has 2 aromatic heterocycles. The highest BCUT2D eigenvalue weighted by Crippen LogP contribution is 2.34. The number of rotatable bonds is 7. The topological polar surface area (TPSA) is 38.4 Å². The number of H-pyrrole nitrogens is 1. The zero-order valence-electron chi connectivity index (χ0n) is 18.7. The Bertz CT molecular complexity index is 1200. The molecule has 0 bridgehead atoms. The summed E-state index contributed by atoms with van der Waals surface area (Å²) in [6.07, 6.45) is 3.87. The van der Waals surface area contributed by atoms with E-state index in [2.05, 4.69) is 56.5 Å². The van der Waals surface area contributed by atoms with E-state index < -0.39 is 0 Å². The molecule has 5 rings (SSSR count). The predicted octanol–water partition coefficient (Wildman–Crippen LogP) is 5.13. The van der Waals surface area contributed by atoms with Crippen LogP contribution in [-0.4, -0.2) is 65.5 Å². The average Bonchev–Trinajstić information content (AvgIpc) is 3.34. The standard InChI is InChI=1S/C26H28FN5S/c1-30(33-21-9-7-20(27)8-10-21)14-15-31-16-18-32(19-17-31)25-6-3-12-29-26(25)23-4-2-5-24-22(23)11-13-28-24/h2-13,28H,14-19H2,1H3. The van der Waals surface area contributed by atoms with E-state index in [1.54, 1.807) is 11.9 Å². The van der Waals surface area contributed by atoms with Gasteiger partial charge in [0.2, 0.25) is 0 Å². The maximum absolute atomic E-state index is 13.1. The average molecular weight is 462 g/mol. The fourth-order valence-corrected chi connectivity index (χ4v) is 5.16. The minimum absolute atomic E-state index is 0.193. The molecular weight excluding hydrogens is 433 g/mol. The smallest absolute Gasteiger partial charge is 0.123 e. The first-order chi connectivity index (χ1) is 16.2. The monoisotopic (exact) mass is 461 g/mol. The van der Waals surface area contributed by atoms with Gasteiger partial charge in [-0.1, -0.05) is 12.1 Å². The Balaban J connectivity index is 1.20. The molecule has 2 aromatic carbocycles. The summed E-state index contributed by atoms with van der Waals surface area (Å²) in [4.78, 5) is 14.1. The van der Waals surface area contributed by atoms with Gasteiger partial charge in [-0.3, -0.25) is 9.88 Å². The van der Waals surface area contributed by atoms with Crippen LogP contribution in [0, 0.1) is 5.82 Å². The van der Waals surface area contributed by atoms with Crippen molar-refractivity contribution in [3.8, 4) is 11.3 Å². The van der Waals surface area contributed by atoms with E-state index in [-0.39, 0.29) is 5.82 Å². The molecule has 5 nitrogen and oxygen atoms in total. The molecule has 4 aromatic rings. The third-order valence-electron chi connectivity index (χ3n) is 6.16. The van der Waals surface area contributed by atoms with Crippen molar-refractivity contribution in [3.63, 3.8) is 0 Å². The molecular formula is C26H28FN5S. The molecule has 0 spiro atoms. The molecule has 1 aliphatic rings. The number of nitrogens with one attached hydrogen (secondary N) is 1. The van der Waals surface area contributed by atoms with Crippen LogP contribution in [-0.2, 0) is 0 Å². The fraction of sp³-hybridized carbons (Fsp3) is 0.269. The molecule has 0 aliphatic carbocycles. The first kappa shape index (κ1) is 21.9. The van der Waals surface area contributed by atoms with Gasteiger partial charge in [0.05, 0.1) is 11.4 Å².